The van der Waals surface area contributed by atoms with Crippen molar-refractivity contribution in [3.05, 3.63) is 36.0 Å². The number of furan rings is 1. The molecule has 0 radical (unpaired) electrons. The van der Waals surface area contributed by atoms with Gasteiger partial charge < -0.3 is 13.9 Å². The Bertz CT molecular complexity index is 501. The molecule has 3 heterocycles. The van der Waals surface area contributed by atoms with Gasteiger partial charge in [-0.15, -0.1) is 0 Å². The monoisotopic (exact) mass is 305 g/mol. The fraction of sp³-hybridized carbons (Fsp3) is 0.588. The standard InChI is InChI=1S/C17H23NO4/c19-17(15-3-1-9-20-13-15)22-12-14-5-7-18(8-6-14)11-16-4-2-10-21-16/h2,4,10,13-14H,1,3,5-9,11-12H2. The van der Waals surface area contributed by atoms with Crippen LogP contribution in [0.3, 0.4) is 0 Å². The van der Waals surface area contributed by atoms with Crippen molar-refractivity contribution in [3.8, 4) is 0 Å². The molecule has 0 saturated carbocycles. The smallest absolute Gasteiger partial charge is 0.337 e. The molecule has 2 aliphatic rings. The van der Waals surface area contributed by atoms with E-state index < -0.39 is 0 Å². The average Bonchev–Trinajstić information content (AvgIpc) is 3.08. The number of piperidine rings is 1. The summed E-state index contributed by atoms with van der Waals surface area (Å²) in [4.78, 5) is 14.3. The SMILES string of the molecule is O=C(OCC1CCN(Cc2ccco2)CC1)C1=COCCC1. The summed E-state index contributed by atoms with van der Waals surface area (Å²) in [5.74, 6) is 1.26. The molecule has 5 nitrogen and oxygen atoms in total. The van der Waals surface area contributed by atoms with Gasteiger partial charge in [0, 0.05) is 0 Å². The number of carbonyl (C=O) groups is 1. The summed E-state index contributed by atoms with van der Waals surface area (Å²) in [6, 6.07) is 3.93. The van der Waals surface area contributed by atoms with Crippen LogP contribution in [0.2, 0.25) is 0 Å². The van der Waals surface area contributed by atoms with Gasteiger partial charge in [0.1, 0.15) is 5.76 Å². The van der Waals surface area contributed by atoms with Crippen LogP contribution in [0.15, 0.2) is 34.6 Å². The Labute approximate surface area is 130 Å². The topological polar surface area (TPSA) is 51.9 Å². The van der Waals surface area contributed by atoms with E-state index in [0.717, 1.165) is 51.1 Å². The van der Waals surface area contributed by atoms with Gasteiger partial charge in [-0.2, -0.15) is 0 Å². The van der Waals surface area contributed by atoms with Crippen molar-refractivity contribution >= 4 is 5.97 Å². The Kier molecular flexibility index (Phi) is 5.16. The second-order valence-electron chi connectivity index (χ2n) is 6.01. The molecule has 1 aromatic heterocycles. The van der Waals surface area contributed by atoms with Crippen molar-refractivity contribution in [1.29, 1.82) is 0 Å². The number of rotatable bonds is 5. The van der Waals surface area contributed by atoms with Crippen molar-refractivity contribution < 1.29 is 18.7 Å². The normalized spacial score (nSPS) is 20.3. The minimum absolute atomic E-state index is 0.210. The highest BCUT2D eigenvalue weighted by Crippen LogP contribution is 2.21. The van der Waals surface area contributed by atoms with E-state index in [2.05, 4.69) is 4.90 Å². The summed E-state index contributed by atoms with van der Waals surface area (Å²) >= 11 is 0. The first-order valence-corrected chi connectivity index (χ1v) is 8.04. The molecule has 1 aromatic rings. The Balaban J connectivity index is 1.37. The summed E-state index contributed by atoms with van der Waals surface area (Å²) in [6.45, 7) is 4.13. The predicted molar refractivity (Wildman–Crippen MR) is 80.9 cm³/mol. The first-order valence-electron chi connectivity index (χ1n) is 8.04. The summed E-state index contributed by atoms with van der Waals surface area (Å²) in [5, 5.41) is 0. The number of hydrogen-bond acceptors (Lipinski definition) is 5. The van der Waals surface area contributed by atoms with Crippen LogP contribution >= 0.6 is 0 Å². The molecule has 0 N–H and O–H groups in total. The van der Waals surface area contributed by atoms with Crippen molar-refractivity contribution in [2.75, 3.05) is 26.3 Å². The minimum Gasteiger partial charge on any atom is -0.501 e. The van der Waals surface area contributed by atoms with Gasteiger partial charge in [0.25, 0.3) is 0 Å². The van der Waals surface area contributed by atoms with E-state index in [4.69, 9.17) is 13.9 Å². The molecule has 0 aromatic carbocycles. The molecule has 0 unspecified atom stereocenters. The van der Waals surface area contributed by atoms with E-state index in [1.807, 2.05) is 12.1 Å². The molecule has 0 atom stereocenters. The zero-order valence-electron chi connectivity index (χ0n) is 12.8. The van der Waals surface area contributed by atoms with E-state index in [9.17, 15) is 4.79 Å². The third-order valence-corrected chi connectivity index (χ3v) is 4.31. The third kappa shape index (κ3) is 4.13. The molecule has 0 amide bonds. The van der Waals surface area contributed by atoms with E-state index in [-0.39, 0.29) is 5.97 Å². The van der Waals surface area contributed by atoms with E-state index in [1.165, 1.54) is 0 Å². The Morgan fingerprint density at radius 1 is 1.36 bits per heavy atom. The van der Waals surface area contributed by atoms with Crippen molar-refractivity contribution in [2.45, 2.75) is 32.2 Å². The zero-order chi connectivity index (χ0) is 15.2. The third-order valence-electron chi connectivity index (χ3n) is 4.31. The highest BCUT2D eigenvalue weighted by atomic mass is 16.5. The summed E-state index contributed by atoms with van der Waals surface area (Å²) in [7, 11) is 0. The lowest BCUT2D eigenvalue weighted by Crippen LogP contribution is -2.35. The van der Waals surface area contributed by atoms with Crippen LogP contribution in [0.4, 0.5) is 0 Å². The molecule has 0 bridgehead atoms. The molecule has 22 heavy (non-hydrogen) atoms. The second kappa shape index (κ2) is 7.49. The Morgan fingerprint density at radius 2 is 2.23 bits per heavy atom. The van der Waals surface area contributed by atoms with Gasteiger partial charge in [-0.25, -0.2) is 4.79 Å². The number of ether oxygens (including phenoxy) is 2. The molecule has 0 aliphatic carbocycles. The highest BCUT2D eigenvalue weighted by Gasteiger charge is 2.22. The quantitative estimate of drug-likeness (QED) is 0.783. The molecule has 3 rings (SSSR count). The largest absolute Gasteiger partial charge is 0.501 e. The fourth-order valence-electron chi connectivity index (χ4n) is 2.93. The number of carbonyl (C=O) groups excluding carboxylic acids is 1. The maximum atomic E-state index is 11.9. The minimum atomic E-state index is -0.210. The lowest BCUT2D eigenvalue weighted by molar-refractivity contribution is -0.141. The van der Waals surface area contributed by atoms with Crippen LogP contribution in [-0.4, -0.2) is 37.2 Å². The van der Waals surface area contributed by atoms with Crippen molar-refractivity contribution in [2.24, 2.45) is 5.92 Å². The number of esters is 1. The predicted octanol–water partition coefficient (Wildman–Crippen LogP) is 2.73. The van der Waals surface area contributed by atoms with Gasteiger partial charge in [-0.05, 0) is 56.8 Å². The van der Waals surface area contributed by atoms with Crippen LogP contribution in [0.25, 0.3) is 0 Å². The highest BCUT2D eigenvalue weighted by molar-refractivity contribution is 5.88. The van der Waals surface area contributed by atoms with E-state index in [0.29, 0.717) is 24.7 Å². The molecule has 5 heteroatoms. The number of likely N-dealkylation sites (tertiary alicyclic amines) is 1. The Morgan fingerprint density at radius 3 is 2.91 bits per heavy atom. The van der Waals surface area contributed by atoms with Gasteiger partial charge in [-0.3, -0.25) is 4.90 Å². The first-order chi connectivity index (χ1) is 10.8. The van der Waals surface area contributed by atoms with Gasteiger partial charge in [-0.1, -0.05) is 0 Å². The van der Waals surface area contributed by atoms with Crippen LogP contribution < -0.4 is 0 Å². The maximum Gasteiger partial charge on any atom is 0.337 e. The fourth-order valence-corrected chi connectivity index (χ4v) is 2.93. The summed E-state index contributed by atoms with van der Waals surface area (Å²) in [5.41, 5.74) is 0.668. The summed E-state index contributed by atoms with van der Waals surface area (Å²) < 4.78 is 16.0. The molecule has 120 valence electrons. The second-order valence-corrected chi connectivity index (χ2v) is 6.01. The zero-order valence-corrected chi connectivity index (χ0v) is 12.8. The molecule has 1 fully saturated rings. The maximum absolute atomic E-state index is 11.9. The lowest BCUT2D eigenvalue weighted by atomic mass is 9.97. The van der Waals surface area contributed by atoms with Crippen LogP contribution in [0, 0.1) is 5.92 Å². The van der Waals surface area contributed by atoms with Gasteiger partial charge >= 0.3 is 5.97 Å². The van der Waals surface area contributed by atoms with Crippen LogP contribution in [0.1, 0.15) is 31.4 Å². The van der Waals surface area contributed by atoms with Crippen LogP contribution in [0.5, 0.6) is 0 Å². The van der Waals surface area contributed by atoms with E-state index in [1.54, 1.807) is 12.5 Å². The van der Waals surface area contributed by atoms with Gasteiger partial charge in [0.05, 0.1) is 37.9 Å². The molecular formula is C17H23NO4. The molecular weight excluding hydrogens is 282 g/mol. The molecule has 0 spiro atoms. The molecule has 2 aliphatic heterocycles. The van der Waals surface area contributed by atoms with Crippen LogP contribution in [-0.2, 0) is 20.8 Å². The number of hydrogen-bond donors (Lipinski definition) is 0. The lowest BCUT2D eigenvalue weighted by Gasteiger charge is -2.31. The molecule has 1 saturated heterocycles. The van der Waals surface area contributed by atoms with Crippen molar-refractivity contribution in [3.63, 3.8) is 0 Å². The number of nitrogens with zero attached hydrogens (tertiary/aromatic N) is 1. The van der Waals surface area contributed by atoms with Gasteiger partial charge in [0.2, 0.25) is 0 Å². The first kappa shape index (κ1) is 15.2. The van der Waals surface area contributed by atoms with Crippen molar-refractivity contribution in [1.82, 2.24) is 4.90 Å². The summed E-state index contributed by atoms with van der Waals surface area (Å²) in [6.07, 6.45) is 7.04. The van der Waals surface area contributed by atoms with Gasteiger partial charge in [0.15, 0.2) is 0 Å². The Hall–Kier alpha value is -1.75. The van der Waals surface area contributed by atoms with E-state index >= 15 is 0 Å². The average molecular weight is 305 g/mol.